The summed E-state index contributed by atoms with van der Waals surface area (Å²) in [5, 5.41) is 0.0948. The van der Waals surface area contributed by atoms with Gasteiger partial charge in [0.05, 0.1) is 5.02 Å². The van der Waals surface area contributed by atoms with Crippen LogP contribution in [-0.4, -0.2) is 9.55 Å². The van der Waals surface area contributed by atoms with E-state index in [2.05, 4.69) is 4.98 Å². The molecular formula is C13H15ClFN3. The fourth-order valence-electron chi connectivity index (χ4n) is 1.90. The molecule has 1 aromatic carbocycles. The summed E-state index contributed by atoms with van der Waals surface area (Å²) in [6, 6.07) is 4.58. The Morgan fingerprint density at radius 2 is 2.06 bits per heavy atom. The number of hydrogen-bond acceptors (Lipinski definition) is 2. The molecule has 1 heterocycles. The Bertz CT molecular complexity index is 590. The third-order valence-corrected chi connectivity index (χ3v) is 3.19. The van der Waals surface area contributed by atoms with Crippen molar-refractivity contribution in [3.63, 3.8) is 0 Å². The van der Waals surface area contributed by atoms with Gasteiger partial charge < -0.3 is 10.3 Å². The van der Waals surface area contributed by atoms with E-state index >= 15 is 0 Å². The molecule has 96 valence electrons. The molecule has 0 bridgehead atoms. The van der Waals surface area contributed by atoms with Gasteiger partial charge in [-0.15, -0.1) is 0 Å². The minimum absolute atomic E-state index is 0.0948. The molecule has 0 aliphatic heterocycles. The first-order chi connectivity index (χ1) is 8.41. The number of imidazole rings is 1. The molecule has 5 heteroatoms. The number of halogens is 2. The van der Waals surface area contributed by atoms with Crippen LogP contribution in [0.3, 0.4) is 0 Å². The summed E-state index contributed by atoms with van der Waals surface area (Å²) in [5.74, 6) is 1.19. The molecule has 18 heavy (non-hydrogen) atoms. The Morgan fingerprint density at radius 3 is 2.56 bits per heavy atom. The molecule has 3 nitrogen and oxygen atoms in total. The Labute approximate surface area is 110 Å². The summed E-state index contributed by atoms with van der Waals surface area (Å²) in [5.41, 5.74) is 7.24. The molecule has 0 saturated carbocycles. The zero-order chi connectivity index (χ0) is 13.4. The van der Waals surface area contributed by atoms with Gasteiger partial charge in [0.2, 0.25) is 0 Å². The highest BCUT2D eigenvalue weighted by Gasteiger charge is 2.16. The number of aromatic nitrogens is 2. The molecule has 2 N–H and O–H groups in total. The highest BCUT2D eigenvalue weighted by molar-refractivity contribution is 6.30. The molecule has 2 aromatic rings. The summed E-state index contributed by atoms with van der Waals surface area (Å²) in [7, 11) is 1.85. The van der Waals surface area contributed by atoms with Gasteiger partial charge in [0.25, 0.3) is 0 Å². The van der Waals surface area contributed by atoms with Gasteiger partial charge in [-0.2, -0.15) is 0 Å². The predicted octanol–water partition coefficient (Wildman–Crippen LogP) is 3.59. The average Bonchev–Trinajstić information content (AvgIpc) is 2.60. The van der Waals surface area contributed by atoms with Gasteiger partial charge in [-0.05, 0) is 12.1 Å². The van der Waals surface area contributed by atoms with Crippen molar-refractivity contribution in [1.29, 1.82) is 0 Å². The van der Waals surface area contributed by atoms with Crippen molar-refractivity contribution in [3.05, 3.63) is 34.9 Å². The number of benzene rings is 1. The van der Waals surface area contributed by atoms with Crippen LogP contribution in [0.2, 0.25) is 5.02 Å². The molecule has 0 aliphatic carbocycles. The molecule has 0 unspecified atom stereocenters. The molecule has 0 saturated heterocycles. The Morgan fingerprint density at radius 1 is 1.39 bits per heavy atom. The monoisotopic (exact) mass is 267 g/mol. The van der Waals surface area contributed by atoms with Gasteiger partial charge in [0, 0.05) is 18.5 Å². The molecule has 2 rings (SSSR count). The van der Waals surface area contributed by atoms with Crippen LogP contribution < -0.4 is 5.73 Å². The van der Waals surface area contributed by atoms with Crippen LogP contribution in [-0.2, 0) is 7.05 Å². The standard InChI is InChI=1S/C13H15ClFN3/c1-7(2)13-17-11(12(16)18(13)3)8-4-5-9(14)10(15)6-8/h4-7H,16H2,1-3H3. The van der Waals surface area contributed by atoms with Gasteiger partial charge in [0.15, 0.2) is 0 Å². The van der Waals surface area contributed by atoms with Crippen molar-refractivity contribution in [2.75, 3.05) is 5.73 Å². The van der Waals surface area contributed by atoms with Crippen molar-refractivity contribution in [2.45, 2.75) is 19.8 Å². The lowest BCUT2D eigenvalue weighted by molar-refractivity contribution is 0.628. The first-order valence-corrected chi connectivity index (χ1v) is 6.07. The summed E-state index contributed by atoms with van der Waals surface area (Å²) in [6.07, 6.45) is 0. The van der Waals surface area contributed by atoms with Crippen molar-refractivity contribution in [3.8, 4) is 11.3 Å². The summed E-state index contributed by atoms with van der Waals surface area (Å²) >= 11 is 5.66. The molecule has 0 aliphatic rings. The highest BCUT2D eigenvalue weighted by atomic mass is 35.5. The topological polar surface area (TPSA) is 43.8 Å². The molecule has 0 atom stereocenters. The van der Waals surface area contributed by atoms with E-state index in [1.54, 1.807) is 6.07 Å². The Kier molecular flexibility index (Phi) is 3.30. The van der Waals surface area contributed by atoms with E-state index in [-0.39, 0.29) is 10.9 Å². The number of nitrogens with zero attached hydrogens (tertiary/aromatic N) is 2. The van der Waals surface area contributed by atoms with Crippen LogP contribution in [0.4, 0.5) is 10.2 Å². The maximum atomic E-state index is 13.5. The second-order valence-corrected chi connectivity index (χ2v) is 4.95. The number of nitrogens with two attached hydrogens (primary N) is 1. The van der Waals surface area contributed by atoms with Gasteiger partial charge in [0.1, 0.15) is 23.2 Å². The molecule has 0 spiro atoms. The molecule has 1 aromatic heterocycles. The number of anilines is 1. The van der Waals surface area contributed by atoms with Gasteiger partial charge in [-0.3, -0.25) is 0 Å². The Balaban J connectivity index is 2.57. The number of rotatable bonds is 2. The van der Waals surface area contributed by atoms with Crippen molar-refractivity contribution < 1.29 is 4.39 Å². The lowest BCUT2D eigenvalue weighted by atomic mass is 10.1. The molecule has 0 radical (unpaired) electrons. The van der Waals surface area contributed by atoms with E-state index in [4.69, 9.17) is 17.3 Å². The Hall–Kier alpha value is -1.55. The zero-order valence-corrected chi connectivity index (χ0v) is 11.3. The van der Waals surface area contributed by atoms with Crippen molar-refractivity contribution in [2.24, 2.45) is 7.05 Å². The van der Waals surface area contributed by atoms with Gasteiger partial charge >= 0.3 is 0 Å². The van der Waals surface area contributed by atoms with E-state index in [9.17, 15) is 4.39 Å². The summed E-state index contributed by atoms with van der Waals surface area (Å²) in [6.45, 7) is 4.07. The van der Waals surface area contributed by atoms with Crippen LogP contribution in [0.25, 0.3) is 11.3 Å². The lowest BCUT2D eigenvalue weighted by Gasteiger charge is -2.04. The average molecular weight is 268 g/mol. The second kappa shape index (κ2) is 4.61. The summed E-state index contributed by atoms with van der Waals surface area (Å²) in [4.78, 5) is 4.48. The van der Waals surface area contributed by atoms with Gasteiger partial charge in [-0.1, -0.05) is 31.5 Å². The predicted molar refractivity (Wildman–Crippen MR) is 72.1 cm³/mol. The third kappa shape index (κ3) is 2.08. The quantitative estimate of drug-likeness (QED) is 0.904. The minimum Gasteiger partial charge on any atom is -0.383 e. The molecule has 0 amide bonds. The van der Waals surface area contributed by atoms with Crippen LogP contribution in [0.5, 0.6) is 0 Å². The fourth-order valence-corrected chi connectivity index (χ4v) is 2.02. The SMILES string of the molecule is CC(C)c1nc(-c2ccc(Cl)c(F)c2)c(N)n1C. The van der Waals surface area contributed by atoms with E-state index in [1.165, 1.54) is 12.1 Å². The first kappa shape index (κ1) is 12.9. The van der Waals surface area contributed by atoms with Crippen LogP contribution >= 0.6 is 11.6 Å². The van der Waals surface area contributed by atoms with Crippen LogP contribution in [0, 0.1) is 5.82 Å². The zero-order valence-electron chi connectivity index (χ0n) is 10.5. The van der Waals surface area contributed by atoms with Crippen LogP contribution in [0.15, 0.2) is 18.2 Å². The second-order valence-electron chi connectivity index (χ2n) is 4.55. The smallest absolute Gasteiger partial charge is 0.142 e. The third-order valence-electron chi connectivity index (χ3n) is 2.88. The van der Waals surface area contributed by atoms with E-state index in [1.807, 2.05) is 25.5 Å². The first-order valence-electron chi connectivity index (χ1n) is 5.69. The largest absolute Gasteiger partial charge is 0.383 e. The van der Waals surface area contributed by atoms with E-state index in [0.29, 0.717) is 17.1 Å². The minimum atomic E-state index is -0.467. The van der Waals surface area contributed by atoms with E-state index < -0.39 is 5.82 Å². The molecule has 0 fully saturated rings. The number of hydrogen-bond donors (Lipinski definition) is 1. The molecular weight excluding hydrogens is 253 g/mol. The van der Waals surface area contributed by atoms with Crippen molar-refractivity contribution >= 4 is 17.4 Å². The van der Waals surface area contributed by atoms with Crippen LogP contribution in [0.1, 0.15) is 25.6 Å². The maximum Gasteiger partial charge on any atom is 0.142 e. The fraction of sp³-hybridized carbons (Fsp3) is 0.308. The van der Waals surface area contributed by atoms with E-state index in [0.717, 1.165) is 5.82 Å². The highest BCUT2D eigenvalue weighted by Crippen LogP contribution is 2.30. The summed E-state index contributed by atoms with van der Waals surface area (Å²) < 4.78 is 15.3. The number of nitrogen functional groups attached to an aromatic ring is 1. The maximum absolute atomic E-state index is 13.5. The lowest BCUT2D eigenvalue weighted by Crippen LogP contribution is -2.02. The normalized spacial score (nSPS) is 11.2. The van der Waals surface area contributed by atoms with Crippen molar-refractivity contribution in [1.82, 2.24) is 9.55 Å². The van der Waals surface area contributed by atoms with Gasteiger partial charge in [-0.25, -0.2) is 9.37 Å².